The van der Waals surface area contributed by atoms with Crippen LogP contribution in [0.5, 0.6) is 5.75 Å². The Labute approximate surface area is 123 Å². The molecule has 0 aliphatic carbocycles. The van der Waals surface area contributed by atoms with Crippen LogP contribution in [-0.4, -0.2) is 30.0 Å². The minimum Gasteiger partial charge on any atom is -0.479 e. The molecule has 0 spiro atoms. The first-order valence-corrected chi connectivity index (χ1v) is 6.46. The molecule has 3 rings (SSSR count). The van der Waals surface area contributed by atoms with Crippen molar-refractivity contribution in [1.29, 1.82) is 0 Å². The number of hydrazone groups is 1. The van der Waals surface area contributed by atoms with Crippen LogP contribution in [0.25, 0.3) is 0 Å². The maximum Gasteiger partial charge on any atom is 0.271 e. The quantitative estimate of drug-likeness (QED) is 0.733. The highest BCUT2D eigenvalue weighted by molar-refractivity contribution is 6.43. The molecule has 2 aliphatic rings. The number of hydrogen-bond acceptors (Lipinski definition) is 5. The van der Waals surface area contributed by atoms with Crippen LogP contribution in [0.1, 0.15) is 12.8 Å². The molecule has 9 heteroatoms. The lowest BCUT2D eigenvalue weighted by molar-refractivity contribution is -0.121. The Hall–Kier alpha value is -2.97. The van der Waals surface area contributed by atoms with Gasteiger partial charge in [0.2, 0.25) is 5.91 Å². The molecule has 0 saturated carbocycles. The molecule has 0 saturated heterocycles. The predicted molar refractivity (Wildman–Crippen MR) is 74.0 cm³/mol. The van der Waals surface area contributed by atoms with E-state index in [2.05, 4.69) is 21.2 Å². The second-order valence-electron chi connectivity index (χ2n) is 4.71. The van der Waals surface area contributed by atoms with E-state index in [4.69, 9.17) is 4.74 Å². The van der Waals surface area contributed by atoms with Crippen LogP contribution >= 0.6 is 0 Å². The number of rotatable bonds is 2. The summed E-state index contributed by atoms with van der Waals surface area (Å²) in [4.78, 5) is 34.3. The molecule has 0 fully saturated rings. The van der Waals surface area contributed by atoms with Gasteiger partial charge in [0.1, 0.15) is 11.5 Å². The van der Waals surface area contributed by atoms with E-state index in [-0.39, 0.29) is 48.2 Å². The van der Waals surface area contributed by atoms with Gasteiger partial charge in [0, 0.05) is 25.0 Å². The zero-order chi connectivity index (χ0) is 15.7. The summed E-state index contributed by atoms with van der Waals surface area (Å²) >= 11 is 0. The van der Waals surface area contributed by atoms with Gasteiger partial charge in [0.05, 0.1) is 11.4 Å². The number of fused-ring (bicyclic) bond motifs is 1. The van der Waals surface area contributed by atoms with Crippen molar-refractivity contribution in [3.05, 3.63) is 17.9 Å². The Bertz CT molecular complexity index is 716. The van der Waals surface area contributed by atoms with E-state index in [0.717, 1.165) is 12.1 Å². The van der Waals surface area contributed by atoms with Crippen LogP contribution < -0.4 is 20.8 Å². The minimum atomic E-state index is -0.640. The summed E-state index contributed by atoms with van der Waals surface area (Å²) in [6.07, 6.45) is 0.340. The molecular weight excluding hydrogens is 295 g/mol. The molecule has 0 atom stereocenters. The van der Waals surface area contributed by atoms with Gasteiger partial charge in [-0.25, -0.2) is 9.82 Å². The van der Waals surface area contributed by atoms with E-state index >= 15 is 0 Å². The number of anilines is 2. The summed E-state index contributed by atoms with van der Waals surface area (Å²) < 4.78 is 18.8. The molecule has 2 aliphatic heterocycles. The lowest BCUT2D eigenvalue weighted by Gasteiger charge is -2.21. The molecule has 3 N–H and O–H groups in total. The van der Waals surface area contributed by atoms with E-state index in [9.17, 15) is 18.8 Å². The van der Waals surface area contributed by atoms with E-state index < -0.39 is 17.6 Å². The summed E-state index contributed by atoms with van der Waals surface area (Å²) in [7, 11) is 0. The SMILES string of the molecule is O=C1CCC(C(=O)Nc2cc(F)cc3c2OCC(=O)N3)=NN1. The van der Waals surface area contributed by atoms with Crippen molar-refractivity contribution in [2.75, 3.05) is 17.2 Å². The fourth-order valence-electron chi connectivity index (χ4n) is 2.09. The van der Waals surface area contributed by atoms with Gasteiger partial charge < -0.3 is 15.4 Å². The molecule has 3 amide bonds. The molecule has 1 aromatic carbocycles. The Morgan fingerprint density at radius 3 is 2.82 bits per heavy atom. The number of benzene rings is 1. The molecule has 0 aromatic heterocycles. The van der Waals surface area contributed by atoms with Crippen LogP contribution in [0.4, 0.5) is 15.8 Å². The van der Waals surface area contributed by atoms with Crippen molar-refractivity contribution in [1.82, 2.24) is 5.43 Å². The smallest absolute Gasteiger partial charge is 0.271 e. The van der Waals surface area contributed by atoms with Crippen LogP contribution in [0, 0.1) is 5.82 Å². The van der Waals surface area contributed by atoms with E-state index in [1.807, 2.05) is 0 Å². The monoisotopic (exact) mass is 306 g/mol. The number of nitrogens with zero attached hydrogens (tertiary/aromatic N) is 1. The number of ether oxygens (including phenoxy) is 1. The summed E-state index contributed by atoms with van der Waals surface area (Å²) in [5.41, 5.74) is 2.55. The zero-order valence-corrected chi connectivity index (χ0v) is 11.2. The summed E-state index contributed by atoms with van der Waals surface area (Å²) in [5.74, 6) is -1.72. The van der Waals surface area contributed by atoms with Crippen LogP contribution in [0.2, 0.25) is 0 Å². The van der Waals surface area contributed by atoms with Gasteiger partial charge in [-0.05, 0) is 0 Å². The molecule has 22 heavy (non-hydrogen) atoms. The Morgan fingerprint density at radius 2 is 2.09 bits per heavy atom. The summed E-state index contributed by atoms with van der Waals surface area (Å²) in [6, 6.07) is 2.18. The highest BCUT2D eigenvalue weighted by atomic mass is 19.1. The first-order valence-electron chi connectivity index (χ1n) is 6.46. The first kappa shape index (κ1) is 14.0. The average Bonchev–Trinajstić information content (AvgIpc) is 2.47. The third-order valence-corrected chi connectivity index (χ3v) is 3.09. The lowest BCUT2D eigenvalue weighted by Crippen LogP contribution is -2.33. The largest absolute Gasteiger partial charge is 0.479 e. The Balaban J connectivity index is 1.85. The van der Waals surface area contributed by atoms with Crippen molar-refractivity contribution in [3.63, 3.8) is 0 Å². The molecular formula is C13H11FN4O4. The van der Waals surface area contributed by atoms with Crippen molar-refractivity contribution in [3.8, 4) is 5.75 Å². The van der Waals surface area contributed by atoms with E-state index in [1.54, 1.807) is 0 Å². The average molecular weight is 306 g/mol. The van der Waals surface area contributed by atoms with Crippen LogP contribution in [0.15, 0.2) is 17.2 Å². The Morgan fingerprint density at radius 1 is 1.27 bits per heavy atom. The highest BCUT2D eigenvalue weighted by Gasteiger charge is 2.24. The van der Waals surface area contributed by atoms with Gasteiger partial charge in [-0.1, -0.05) is 0 Å². The van der Waals surface area contributed by atoms with Crippen molar-refractivity contribution in [2.24, 2.45) is 5.10 Å². The number of nitrogens with one attached hydrogen (secondary N) is 3. The number of carbonyl (C=O) groups is 3. The topological polar surface area (TPSA) is 109 Å². The van der Waals surface area contributed by atoms with Crippen LogP contribution in [-0.2, 0) is 14.4 Å². The second kappa shape index (κ2) is 5.43. The molecule has 2 heterocycles. The summed E-state index contributed by atoms with van der Waals surface area (Å²) in [6.45, 7) is -0.224. The zero-order valence-electron chi connectivity index (χ0n) is 11.2. The number of amides is 3. The second-order valence-corrected chi connectivity index (χ2v) is 4.71. The van der Waals surface area contributed by atoms with Gasteiger partial charge in [-0.3, -0.25) is 14.4 Å². The molecule has 1 aromatic rings. The Kier molecular flexibility index (Phi) is 3.45. The molecule has 8 nitrogen and oxygen atoms in total. The third kappa shape index (κ3) is 2.73. The van der Waals surface area contributed by atoms with Crippen LogP contribution in [0.3, 0.4) is 0 Å². The van der Waals surface area contributed by atoms with E-state index in [0.29, 0.717) is 0 Å². The minimum absolute atomic E-state index is 0.0830. The lowest BCUT2D eigenvalue weighted by atomic mass is 10.1. The maximum atomic E-state index is 13.6. The van der Waals surface area contributed by atoms with Gasteiger partial charge >= 0.3 is 0 Å². The number of halogens is 1. The molecule has 114 valence electrons. The standard InChI is InChI=1S/C13H11FN4O4/c14-6-3-8-12(22-5-11(20)15-8)9(4-6)16-13(21)7-1-2-10(19)18-17-7/h3-4H,1-2,5H2,(H,15,20)(H,16,21)(H,18,19). The summed E-state index contributed by atoms with van der Waals surface area (Å²) in [5, 5.41) is 8.58. The van der Waals surface area contributed by atoms with Crippen molar-refractivity contribution < 1.29 is 23.5 Å². The fraction of sp³-hybridized carbons (Fsp3) is 0.231. The van der Waals surface area contributed by atoms with Gasteiger partial charge in [-0.2, -0.15) is 5.10 Å². The molecule has 0 radical (unpaired) electrons. The predicted octanol–water partition coefficient (Wildman–Crippen LogP) is 0.361. The maximum absolute atomic E-state index is 13.6. The van der Waals surface area contributed by atoms with E-state index in [1.165, 1.54) is 0 Å². The van der Waals surface area contributed by atoms with Gasteiger partial charge in [0.15, 0.2) is 12.4 Å². The molecule has 0 bridgehead atoms. The highest BCUT2D eigenvalue weighted by Crippen LogP contribution is 2.36. The number of hydrogen-bond donors (Lipinski definition) is 3. The fourth-order valence-corrected chi connectivity index (χ4v) is 2.09. The molecule has 0 unspecified atom stereocenters. The first-order chi connectivity index (χ1) is 10.5. The van der Waals surface area contributed by atoms with Crippen molar-refractivity contribution in [2.45, 2.75) is 12.8 Å². The normalized spacial score (nSPS) is 16.7. The van der Waals surface area contributed by atoms with Gasteiger partial charge in [0.25, 0.3) is 11.8 Å². The van der Waals surface area contributed by atoms with Crippen molar-refractivity contribution >= 4 is 34.8 Å². The third-order valence-electron chi connectivity index (χ3n) is 3.09. The van der Waals surface area contributed by atoms with Gasteiger partial charge in [-0.15, -0.1) is 0 Å². The number of carbonyl (C=O) groups excluding carboxylic acids is 3.